The van der Waals surface area contributed by atoms with Gasteiger partial charge in [-0.3, -0.25) is 0 Å². The third-order valence-electron chi connectivity index (χ3n) is 2.10. The van der Waals surface area contributed by atoms with Crippen LogP contribution in [0.2, 0.25) is 5.02 Å². The van der Waals surface area contributed by atoms with Gasteiger partial charge in [0, 0.05) is 18.0 Å². The van der Waals surface area contributed by atoms with Gasteiger partial charge in [0.2, 0.25) is 0 Å². The summed E-state index contributed by atoms with van der Waals surface area (Å²) in [5.74, 6) is 0. The van der Waals surface area contributed by atoms with Crippen LogP contribution in [-0.2, 0) is 12.6 Å². The third kappa shape index (κ3) is 3.37. The summed E-state index contributed by atoms with van der Waals surface area (Å²) in [7, 11) is 0. The zero-order valence-electron chi connectivity index (χ0n) is 8.26. The van der Waals surface area contributed by atoms with Gasteiger partial charge < -0.3 is 10.8 Å². The van der Waals surface area contributed by atoms with Crippen molar-refractivity contribution in [1.29, 1.82) is 0 Å². The van der Waals surface area contributed by atoms with Crippen LogP contribution in [0.25, 0.3) is 0 Å². The smallest absolute Gasteiger partial charge is 0.391 e. The molecule has 0 saturated carbocycles. The van der Waals surface area contributed by atoms with Crippen LogP contribution in [0, 0.1) is 0 Å². The van der Waals surface area contributed by atoms with Crippen LogP contribution >= 0.6 is 11.6 Å². The lowest BCUT2D eigenvalue weighted by molar-refractivity contribution is -0.137. The Labute approximate surface area is 95.8 Å². The van der Waals surface area contributed by atoms with Gasteiger partial charge in [-0.25, -0.2) is 0 Å². The first-order valence-electron chi connectivity index (χ1n) is 4.58. The summed E-state index contributed by atoms with van der Waals surface area (Å²) >= 11 is 5.73. The van der Waals surface area contributed by atoms with E-state index in [1.165, 1.54) is 6.07 Å². The van der Waals surface area contributed by atoms with Crippen LogP contribution < -0.4 is 5.73 Å². The van der Waals surface area contributed by atoms with E-state index >= 15 is 0 Å². The second-order valence-electron chi connectivity index (χ2n) is 3.40. The Morgan fingerprint density at radius 1 is 1.38 bits per heavy atom. The van der Waals surface area contributed by atoms with Gasteiger partial charge in [0.1, 0.15) is 0 Å². The number of aliphatic hydroxyl groups is 1. The molecular formula is C10H11ClF3NO. The Hall–Kier alpha value is -0.780. The predicted octanol–water partition coefficient (Wildman–Crippen LogP) is 2.22. The van der Waals surface area contributed by atoms with Gasteiger partial charge in [-0.05, 0) is 23.8 Å². The van der Waals surface area contributed by atoms with Gasteiger partial charge in [-0.1, -0.05) is 11.6 Å². The minimum absolute atomic E-state index is 0.0131. The average Bonchev–Trinajstić information content (AvgIpc) is 2.19. The Balaban J connectivity index is 3.00. The number of nitrogens with two attached hydrogens (primary N) is 1. The molecule has 1 aromatic rings. The van der Waals surface area contributed by atoms with Crippen molar-refractivity contribution in [3.63, 3.8) is 0 Å². The van der Waals surface area contributed by atoms with Gasteiger partial charge in [0.25, 0.3) is 0 Å². The van der Waals surface area contributed by atoms with Crippen molar-refractivity contribution >= 4 is 11.6 Å². The van der Waals surface area contributed by atoms with Crippen molar-refractivity contribution in [1.82, 2.24) is 0 Å². The zero-order valence-corrected chi connectivity index (χ0v) is 9.02. The highest BCUT2D eigenvalue weighted by molar-refractivity contribution is 6.31. The van der Waals surface area contributed by atoms with Crippen LogP contribution in [0.15, 0.2) is 18.2 Å². The molecule has 0 aromatic heterocycles. The topological polar surface area (TPSA) is 46.2 Å². The Kier molecular flexibility index (Phi) is 4.18. The molecule has 3 N–H and O–H groups in total. The molecule has 16 heavy (non-hydrogen) atoms. The molecule has 0 spiro atoms. The Morgan fingerprint density at radius 3 is 2.50 bits per heavy atom. The van der Waals surface area contributed by atoms with E-state index in [0.29, 0.717) is 0 Å². The molecule has 0 aliphatic heterocycles. The number of rotatable bonds is 3. The number of aliphatic hydroxyl groups excluding tert-OH is 1. The van der Waals surface area contributed by atoms with Gasteiger partial charge in [-0.15, -0.1) is 0 Å². The fourth-order valence-corrected chi connectivity index (χ4v) is 1.44. The van der Waals surface area contributed by atoms with E-state index in [1.54, 1.807) is 0 Å². The molecule has 1 aromatic carbocycles. The Bertz CT molecular complexity index is 368. The van der Waals surface area contributed by atoms with Crippen LogP contribution in [0.3, 0.4) is 0 Å². The number of hydrogen-bond donors (Lipinski definition) is 2. The summed E-state index contributed by atoms with van der Waals surface area (Å²) in [6.07, 6.45) is -5.28. The average molecular weight is 254 g/mol. The maximum atomic E-state index is 12.4. The van der Waals surface area contributed by atoms with E-state index in [-0.39, 0.29) is 23.6 Å². The summed E-state index contributed by atoms with van der Waals surface area (Å²) in [5.41, 5.74) is 4.64. The van der Waals surface area contributed by atoms with Crippen molar-refractivity contribution in [3.05, 3.63) is 34.3 Å². The number of hydrogen-bond acceptors (Lipinski definition) is 2. The summed E-state index contributed by atoms with van der Waals surface area (Å²) in [6.45, 7) is -0.0213. The molecule has 0 bridgehead atoms. The molecule has 2 nitrogen and oxygen atoms in total. The summed E-state index contributed by atoms with van der Waals surface area (Å²) in [4.78, 5) is 0. The van der Waals surface area contributed by atoms with E-state index in [2.05, 4.69) is 0 Å². The zero-order chi connectivity index (χ0) is 12.3. The molecule has 6 heteroatoms. The number of halogens is 4. The van der Waals surface area contributed by atoms with Gasteiger partial charge >= 0.3 is 6.18 Å². The second-order valence-corrected chi connectivity index (χ2v) is 3.80. The van der Waals surface area contributed by atoms with Crippen molar-refractivity contribution in [2.75, 3.05) is 6.54 Å². The number of benzene rings is 1. The fraction of sp³-hybridized carbons (Fsp3) is 0.400. The molecule has 90 valence electrons. The van der Waals surface area contributed by atoms with Crippen LogP contribution in [-0.4, -0.2) is 17.8 Å². The normalized spacial score (nSPS) is 13.9. The molecule has 0 aliphatic rings. The standard InChI is InChI=1S/C10H11ClF3NO/c11-9-2-1-7(10(12,13)14)3-6(9)4-8(16)5-15/h1-3,8,16H,4-5,15H2. The van der Waals surface area contributed by atoms with Crippen molar-refractivity contribution in [2.45, 2.75) is 18.7 Å². The third-order valence-corrected chi connectivity index (χ3v) is 2.47. The van der Waals surface area contributed by atoms with E-state index in [1.807, 2.05) is 0 Å². The first-order chi connectivity index (χ1) is 7.34. The van der Waals surface area contributed by atoms with Crippen LogP contribution in [0.1, 0.15) is 11.1 Å². The molecule has 1 unspecified atom stereocenters. The highest BCUT2D eigenvalue weighted by atomic mass is 35.5. The lowest BCUT2D eigenvalue weighted by Gasteiger charge is -2.12. The molecule has 0 radical (unpaired) electrons. The summed E-state index contributed by atoms with van der Waals surface area (Å²) < 4.78 is 37.2. The van der Waals surface area contributed by atoms with E-state index < -0.39 is 17.8 Å². The minimum Gasteiger partial charge on any atom is -0.391 e. The highest BCUT2D eigenvalue weighted by Crippen LogP contribution is 2.32. The second kappa shape index (κ2) is 5.03. The summed E-state index contributed by atoms with van der Waals surface area (Å²) in [5, 5.41) is 9.46. The number of alkyl halides is 3. The summed E-state index contributed by atoms with van der Waals surface area (Å²) in [6, 6.07) is 3.00. The molecule has 0 amide bonds. The quantitative estimate of drug-likeness (QED) is 0.868. The highest BCUT2D eigenvalue weighted by Gasteiger charge is 2.30. The van der Waals surface area contributed by atoms with E-state index in [9.17, 15) is 18.3 Å². The first-order valence-corrected chi connectivity index (χ1v) is 4.96. The van der Waals surface area contributed by atoms with E-state index in [4.69, 9.17) is 17.3 Å². The van der Waals surface area contributed by atoms with Crippen molar-refractivity contribution < 1.29 is 18.3 Å². The maximum Gasteiger partial charge on any atom is 0.416 e. The molecule has 1 atom stereocenters. The molecule has 0 fully saturated rings. The van der Waals surface area contributed by atoms with Crippen LogP contribution in [0.4, 0.5) is 13.2 Å². The SMILES string of the molecule is NCC(O)Cc1cc(C(F)(F)F)ccc1Cl. The van der Waals surface area contributed by atoms with Gasteiger partial charge in [0.05, 0.1) is 11.7 Å². The lowest BCUT2D eigenvalue weighted by Crippen LogP contribution is -2.22. The minimum atomic E-state index is -4.41. The molecule has 0 heterocycles. The maximum absolute atomic E-state index is 12.4. The first kappa shape index (κ1) is 13.3. The van der Waals surface area contributed by atoms with E-state index in [0.717, 1.165) is 12.1 Å². The van der Waals surface area contributed by atoms with Crippen molar-refractivity contribution in [3.8, 4) is 0 Å². The largest absolute Gasteiger partial charge is 0.416 e. The van der Waals surface area contributed by atoms with Gasteiger partial charge in [0.15, 0.2) is 0 Å². The monoisotopic (exact) mass is 253 g/mol. The molecular weight excluding hydrogens is 243 g/mol. The van der Waals surface area contributed by atoms with Gasteiger partial charge in [-0.2, -0.15) is 13.2 Å². The fourth-order valence-electron chi connectivity index (χ4n) is 1.24. The molecule has 1 rings (SSSR count). The molecule has 0 aliphatic carbocycles. The predicted molar refractivity (Wildman–Crippen MR) is 55.2 cm³/mol. The van der Waals surface area contributed by atoms with Crippen molar-refractivity contribution in [2.24, 2.45) is 5.73 Å². The Morgan fingerprint density at radius 2 is 2.00 bits per heavy atom. The molecule has 0 saturated heterocycles. The van der Waals surface area contributed by atoms with Crippen LogP contribution in [0.5, 0.6) is 0 Å². The lowest BCUT2D eigenvalue weighted by atomic mass is 10.0.